The number of nitrogens with zero attached hydrogens (tertiary/aromatic N) is 3. The predicted octanol–water partition coefficient (Wildman–Crippen LogP) is 2.95. The smallest absolute Gasteiger partial charge is 0.241 e. The van der Waals surface area contributed by atoms with Crippen LogP contribution in [0.4, 0.5) is 4.39 Å². The normalized spacial score (nSPS) is 17.1. The topological polar surface area (TPSA) is 87.5 Å². The molecular weight excluding hydrogens is 391 g/mol. The van der Waals surface area contributed by atoms with Gasteiger partial charge in [-0.2, -0.15) is 0 Å². The van der Waals surface area contributed by atoms with Gasteiger partial charge in [0.15, 0.2) is 18.3 Å². The second kappa shape index (κ2) is 8.17. The molecule has 1 saturated heterocycles. The Morgan fingerprint density at radius 2 is 2.07 bits per heavy atom. The third-order valence-electron chi connectivity index (χ3n) is 5.34. The molecular formula is C21H23FN4O4. The van der Waals surface area contributed by atoms with Crippen LogP contribution in [0, 0.1) is 5.92 Å². The third-order valence-corrected chi connectivity index (χ3v) is 5.34. The van der Waals surface area contributed by atoms with Gasteiger partial charge in [0.05, 0.1) is 31.8 Å². The van der Waals surface area contributed by atoms with Crippen molar-refractivity contribution in [3.63, 3.8) is 0 Å². The van der Waals surface area contributed by atoms with E-state index in [2.05, 4.69) is 15.3 Å². The Labute approximate surface area is 173 Å². The molecule has 2 aromatic heterocycles. The summed E-state index contributed by atoms with van der Waals surface area (Å²) in [6, 6.07) is 7.24. The van der Waals surface area contributed by atoms with E-state index in [4.69, 9.17) is 14.2 Å². The summed E-state index contributed by atoms with van der Waals surface area (Å²) in [7, 11) is 3.13. The van der Waals surface area contributed by atoms with Gasteiger partial charge in [-0.3, -0.25) is 9.36 Å². The highest BCUT2D eigenvalue weighted by Gasteiger charge is 2.29. The molecule has 30 heavy (non-hydrogen) atoms. The Balaban J connectivity index is 1.76. The first-order valence-corrected chi connectivity index (χ1v) is 9.61. The van der Waals surface area contributed by atoms with Crippen LogP contribution in [0.25, 0.3) is 22.3 Å². The maximum absolute atomic E-state index is 13.5. The first-order chi connectivity index (χ1) is 14.5. The molecule has 0 radical (unpaired) electrons. The first-order valence-electron chi connectivity index (χ1n) is 9.61. The number of alkyl halides is 1. The van der Waals surface area contributed by atoms with Crippen molar-refractivity contribution < 1.29 is 23.4 Å². The highest BCUT2D eigenvalue weighted by Crippen LogP contribution is 2.35. The zero-order chi connectivity index (χ0) is 21.3. The summed E-state index contributed by atoms with van der Waals surface area (Å²) in [6.07, 6.45) is 1.52. The van der Waals surface area contributed by atoms with Crippen LogP contribution in [0.2, 0.25) is 0 Å². The van der Waals surface area contributed by atoms with Crippen molar-refractivity contribution in [3.8, 4) is 28.6 Å². The minimum absolute atomic E-state index is 0.00133. The maximum Gasteiger partial charge on any atom is 0.241 e. The molecule has 8 nitrogen and oxygen atoms in total. The zero-order valence-corrected chi connectivity index (χ0v) is 17.0. The van der Waals surface area contributed by atoms with E-state index in [-0.39, 0.29) is 23.8 Å². The Morgan fingerprint density at radius 1 is 1.27 bits per heavy atom. The van der Waals surface area contributed by atoms with Gasteiger partial charge in [0, 0.05) is 24.4 Å². The van der Waals surface area contributed by atoms with Crippen molar-refractivity contribution in [1.29, 1.82) is 0 Å². The number of carbonyl (C=O) groups is 1. The lowest BCUT2D eigenvalue weighted by Crippen LogP contribution is -2.26. The second-order valence-corrected chi connectivity index (χ2v) is 7.18. The van der Waals surface area contributed by atoms with Crippen LogP contribution in [-0.2, 0) is 11.6 Å². The van der Waals surface area contributed by atoms with E-state index in [0.29, 0.717) is 41.2 Å². The molecule has 4 rings (SSSR count). The molecule has 3 aromatic rings. The lowest BCUT2D eigenvalue weighted by Gasteiger charge is -2.20. The zero-order valence-electron chi connectivity index (χ0n) is 17.0. The van der Waals surface area contributed by atoms with E-state index in [1.165, 1.54) is 10.9 Å². The predicted molar refractivity (Wildman–Crippen MR) is 108 cm³/mol. The van der Waals surface area contributed by atoms with E-state index < -0.39 is 6.80 Å². The Hall–Kier alpha value is -3.36. The van der Waals surface area contributed by atoms with E-state index in [1.54, 1.807) is 26.4 Å². The summed E-state index contributed by atoms with van der Waals surface area (Å²) in [6.45, 7) is 1.68. The lowest BCUT2D eigenvalue weighted by atomic mass is 10.0. The summed E-state index contributed by atoms with van der Waals surface area (Å²) < 4.78 is 31.7. The van der Waals surface area contributed by atoms with E-state index in [0.717, 1.165) is 5.56 Å². The average molecular weight is 414 g/mol. The molecule has 2 atom stereocenters. The van der Waals surface area contributed by atoms with E-state index in [9.17, 15) is 9.18 Å². The molecule has 1 amide bonds. The van der Waals surface area contributed by atoms with Crippen molar-refractivity contribution in [1.82, 2.24) is 19.9 Å². The van der Waals surface area contributed by atoms with Crippen molar-refractivity contribution in [2.45, 2.75) is 26.2 Å². The molecule has 0 saturated carbocycles. The summed E-state index contributed by atoms with van der Waals surface area (Å²) >= 11 is 0. The Morgan fingerprint density at radius 3 is 2.73 bits per heavy atom. The third kappa shape index (κ3) is 3.62. The fourth-order valence-electron chi connectivity index (χ4n) is 3.61. The van der Waals surface area contributed by atoms with Crippen LogP contribution in [0.3, 0.4) is 0 Å². The Bertz CT molecular complexity index is 1080. The number of benzene rings is 1. The summed E-state index contributed by atoms with van der Waals surface area (Å²) in [5, 5.41) is 2.81. The number of ether oxygens (including phenoxy) is 3. The van der Waals surface area contributed by atoms with Crippen molar-refractivity contribution in [2.75, 3.05) is 20.8 Å². The van der Waals surface area contributed by atoms with Gasteiger partial charge in [-0.15, -0.1) is 0 Å². The van der Waals surface area contributed by atoms with Crippen molar-refractivity contribution >= 4 is 16.9 Å². The number of hydrogen-bond donors (Lipinski definition) is 1. The van der Waals surface area contributed by atoms with E-state index in [1.807, 2.05) is 19.1 Å². The summed E-state index contributed by atoms with van der Waals surface area (Å²) in [5.74, 6) is 1.46. The van der Waals surface area contributed by atoms with Crippen molar-refractivity contribution in [3.05, 3.63) is 30.6 Å². The van der Waals surface area contributed by atoms with E-state index >= 15 is 0 Å². The van der Waals surface area contributed by atoms with Gasteiger partial charge in [-0.25, -0.2) is 14.4 Å². The fourth-order valence-corrected chi connectivity index (χ4v) is 3.61. The minimum atomic E-state index is -0.748. The van der Waals surface area contributed by atoms with Crippen LogP contribution in [0.1, 0.15) is 13.3 Å². The van der Waals surface area contributed by atoms with Gasteiger partial charge in [0.1, 0.15) is 11.6 Å². The number of aromatic nitrogens is 3. The molecule has 1 aromatic carbocycles. The summed E-state index contributed by atoms with van der Waals surface area (Å²) in [5.41, 5.74) is 2.43. The number of pyridine rings is 1. The van der Waals surface area contributed by atoms with Crippen LogP contribution in [0.15, 0.2) is 30.6 Å². The molecule has 1 N–H and O–H groups in total. The molecule has 3 heterocycles. The second-order valence-electron chi connectivity index (χ2n) is 7.18. The number of fused-ring (bicyclic) bond motifs is 1. The molecule has 0 aliphatic carbocycles. The largest absolute Gasteiger partial charge is 0.493 e. The molecule has 1 fully saturated rings. The molecule has 158 valence electrons. The monoisotopic (exact) mass is 414 g/mol. The van der Waals surface area contributed by atoms with Gasteiger partial charge < -0.3 is 19.5 Å². The molecule has 0 spiro atoms. The molecule has 9 heteroatoms. The maximum atomic E-state index is 13.5. The van der Waals surface area contributed by atoms with Gasteiger partial charge in [0.25, 0.3) is 0 Å². The van der Waals surface area contributed by atoms with Crippen molar-refractivity contribution in [2.24, 2.45) is 5.92 Å². The van der Waals surface area contributed by atoms with Gasteiger partial charge in [-0.05, 0) is 31.2 Å². The minimum Gasteiger partial charge on any atom is -0.493 e. The van der Waals surface area contributed by atoms with Gasteiger partial charge >= 0.3 is 0 Å². The van der Waals surface area contributed by atoms with Crippen LogP contribution < -0.4 is 19.5 Å². The molecule has 0 unspecified atom stereocenters. The number of rotatable bonds is 7. The number of methoxy groups -OCH3 is 2. The average Bonchev–Trinajstić information content (AvgIpc) is 3.39. The number of nitrogens with one attached hydrogen (secondary N) is 1. The van der Waals surface area contributed by atoms with Crippen LogP contribution in [0.5, 0.6) is 17.4 Å². The number of imidazole rings is 1. The molecule has 0 bridgehead atoms. The number of amides is 1. The SMILES string of the molecule is COc1ccc(-c2cc3ncn(CF)c3c(O[C@H](C)[C@H]3CNC(=O)C3)n2)cc1OC. The number of carbonyl (C=O) groups excluding carboxylic acids is 1. The fraction of sp³-hybridized carbons (Fsp3) is 0.381. The molecule has 1 aliphatic heterocycles. The van der Waals surface area contributed by atoms with Crippen LogP contribution in [-0.4, -0.2) is 47.3 Å². The highest BCUT2D eigenvalue weighted by atomic mass is 19.1. The first kappa shape index (κ1) is 19.9. The number of halogens is 1. The Kier molecular flexibility index (Phi) is 5.43. The summed E-state index contributed by atoms with van der Waals surface area (Å²) in [4.78, 5) is 20.5. The number of hydrogen-bond acceptors (Lipinski definition) is 6. The lowest BCUT2D eigenvalue weighted by molar-refractivity contribution is -0.119. The van der Waals surface area contributed by atoms with Gasteiger partial charge in [0.2, 0.25) is 11.8 Å². The molecule has 1 aliphatic rings. The van der Waals surface area contributed by atoms with Crippen LogP contribution >= 0.6 is 0 Å². The quantitative estimate of drug-likeness (QED) is 0.640. The highest BCUT2D eigenvalue weighted by molar-refractivity contribution is 5.85. The van der Waals surface area contributed by atoms with Gasteiger partial charge in [-0.1, -0.05) is 0 Å². The standard InChI is InChI=1S/C21H23FN4O4/c1-12(14-7-19(27)23-9-14)30-21-20-16(24-11-26(20)10-22)8-15(25-21)13-4-5-17(28-2)18(6-13)29-3/h4-6,8,11-12,14H,7,9-10H2,1-3H3,(H,23,27)/t12-,14-/m1/s1.